The second-order valence-electron chi connectivity index (χ2n) is 5.11. The highest BCUT2D eigenvalue weighted by atomic mass is 16.5. The van der Waals surface area contributed by atoms with Crippen LogP contribution in [0.15, 0.2) is 0 Å². The second kappa shape index (κ2) is 5.15. The molecule has 2 rings (SSSR count). The van der Waals surface area contributed by atoms with Crippen LogP contribution in [0.25, 0.3) is 0 Å². The van der Waals surface area contributed by atoms with Crippen LogP contribution in [0.3, 0.4) is 0 Å². The Labute approximate surface area is 97.1 Å². The fourth-order valence-electron chi connectivity index (χ4n) is 2.24. The third kappa shape index (κ3) is 3.19. The Morgan fingerprint density at radius 2 is 2.25 bits per heavy atom. The number of amides is 1. The van der Waals surface area contributed by atoms with Gasteiger partial charge in [0.15, 0.2) is 0 Å². The van der Waals surface area contributed by atoms with Crippen molar-refractivity contribution in [3.8, 4) is 0 Å². The van der Waals surface area contributed by atoms with Crippen molar-refractivity contribution in [2.24, 2.45) is 11.7 Å². The Morgan fingerprint density at radius 1 is 1.50 bits per heavy atom. The molecule has 4 heteroatoms. The van der Waals surface area contributed by atoms with E-state index in [-0.39, 0.29) is 18.1 Å². The van der Waals surface area contributed by atoms with Gasteiger partial charge in [0.25, 0.3) is 0 Å². The van der Waals surface area contributed by atoms with Crippen LogP contribution >= 0.6 is 0 Å². The molecule has 1 aliphatic heterocycles. The summed E-state index contributed by atoms with van der Waals surface area (Å²) in [6.45, 7) is 1.56. The highest BCUT2D eigenvalue weighted by Gasteiger charge is 2.31. The van der Waals surface area contributed by atoms with Crippen molar-refractivity contribution in [2.45, 2.75) is 44.2 Å². The molecular formula is C12H22N2O2. The van der Waals surface area contributed by atoms with Gasteiger partial charge in [-0.2, -0.15) is 0 Å². The quantitative estimate of drug-likeness (QED) is 0.752. The monoisotopic (exact) mass is 226 g/mol. The van der Waals surface area contributed by atoms with E-state index in [0.717, 1.165) is 26.0 Å². The Balaban J connectivity index is 1.70. The Bertz CT molecular complexity index is 247. The molecule has 0 aromatic carbocycles. The largest absolute Gasteiger partial charge is 0.376 e. The third-order valence-corrected chi connectivity index (χ3v) is 3.57. The molecule has 1 saturated carbocycles. The van der Waals surface area contributed by atoms with E-state index < -0.39 is 0 Å². The van der Waals surface area contributed by atoms with Crippen molar-refractivity contribution in [1.29, 1.82) is 0 Å². The van der Waals surface area contributed by atoms with Crippen molar-refractivity contribution in [1.82, 2.24) is 4.90 Å². The van der Waals surface area contributed by atoms with Gasteiger partial charge >= 0.3 is 0 Å². The van der Waals surface area contributed by atoms with Gasteiger partial charge in [-0.05, 0) is 31.6 Å². The zero-order chi connectivity index (χ0) is 11.5. The first-order valence-corrected chi connectivity index (χ1v) is 6.28. The van der Waals surface area contributed by atoms with Crippen LogP contribution in [0, 0.1) is 5.92 Å². The lowest BCUT2D eigenvalue weighted by Crippen LogP contribution is -2.38. The summed E-state index contributed by atoms with van der Waals surface area (Å²) < 4.78 is 5.51. The number of rotatable bonds is 5. The lowest BCUT2D eigenvalue weighted by molar-refractivity contribution is -0.131. The van der Waals surface area contributed by atoms with Crippen LogP contribution in [0.1, 0.15) is 32.1 Å². The van der Waals surface area contributed by atoms with Gasteiger partial charge in [-0.25, -0.2) is 0 Å². The molecule has 2 fully saturated rings. The first-order chi connectivity index (χ1) is 7.66. The smallest absolute Gasteiger partial charge is 0.223 e. The maximum absolute atomic E-state index is 11.9. The highest BCUT2D eigenvalue weighted by molar-refractivity contribution is 5.76. The molecule has 1 amide bonds. The molecule has 4 nitrogen and oxygen atoms in total. The van der Waals surface area contributed by atoms with E-state index in [1.54, 1.807) is 4.90 Å². The van der Waals surface area contributed by atoms with E-state index in [1.165, 1.54) is 12.8 Å². The van der Waals surface area contributed by atoms with Crippen LogP contribution in [0.4, 0.5) is 0 Å². The number of nitrogens with two attached hydrogens (primary N) is 1. The number of hydrogen-bond acceptors (Lipinski definition) is 3. The molecular weight excluding hydrogens is 204 g/mol. The summed E-state index contributed by atoms with van der Waals surface area (Å²) in [6, 6.07) is 0.0689. The molecule has 0 radical (unpaired) electrons. The van der Waals surface area contributed by atoms with Crippen LogP contribution in [-0.4, -0.2) is 43.2 Å². The predicted octanol–water partition coefficient (Wildman–Crippen LogP) is 0.751. The Morgan fingerprint density at radius 3 is 2.81 bits per heavy atom. The number of carbonyl (C=O) groups excluding carboxylic acids is 1. The average molecular weight is 226 g/mol. The van der Waals surface area contributed by atoms with Crippen molar-refractivity contribution in [3.63, 3.8) is 0 Å². The fourth-order valence-corrected chi connectivity index (χ4v) is 2.24. The van der Waals surface area contributed by atoms with Gasteiger partial charge in [0.2, 0.25) is 5.91 Å². The predicted molar refractivity (Wildman–Crippen MR) is 61.9 cm³/mol. The van der Waals surface area contributed by atoms with E-state index in [4.69, 9.17) is 10.5 Å². The molecule has 2 atom stereocenters. The first kappa shape index (κ1) is 11.9. The highest BCUT2D eigenvalue weighted by Crippen LogP contribution is 2.32. The van der Waals surface area contributed by atoms with E-state index in [1.807, 2.05) is 7.05 Å². The van der Waals surface area contributed by atoms with E-state index in [9.17, 15) is 4.79 Å². The molecule has 1 heterocycles. The fraction of sp³-hybridized carbons (Fsp3) is 0.917. The first-order valence-electron chi connectivity index (χ1n) is 6.28. The number of hydrogen-bond donors (Lipinski definition) is 1. The zero-order valence-electron chi connectivity index (χ0n) is 10.0. The summed E-state index contributed by atoms with van der Waals surface area (Å²) in [4.78, 5) is 13.6. The van der Waals surface area contributed by atoms with Crippen LogP contribution in [-0.2, 0) is 9.53 Å². The Hall–Kier alpha value is -0.610. The van der Waals surface area contributed by atoms with Crippen molar-refractivity contribution in [3.05, 3.63) is 0 Å². The van der Waals surface area contributed by atoms with Gasteiger partial charge in [-0.3, -0.25) is 4.79 Å². The molecule has 2 N–H and O–H groups in total. The van der Waals surface area contributed by atoms with Gasteiger partial charge in [-0.15, -0.1) is 0 Å². The molecule has 1 aliphatic carbocycles. The maximum atomic E-state index is 11.9. The number of nitrogens with zero attached hydrogens (tertiary/aromatic N) is 1. The average Bonchev–Trinajstić information content (AvgIpc) is 2.98. The molecule has 2 aliphatic rings. The lowest BCUT2D eigenvalue weighted by atomic mass is 10.1. The number of likely N-dealkylation sites (N-methyl/N-ethyl adjacent to an activating group) is 1. The lowest BCUT2D eigenvalue weighted by Gasteiger charge is -2.22. The summed E-state index contributed by atoms with van der Waals surface area (Å²) in [5.74, 6) is 0.759. The van der Waals surface area contributed by atoms with Crippen molar-refractivity contribution in [2.75, 3.05) is 20.2 Å². The van der Waals surface area contributed by atoms with E-state index >= 15 is 0 Å². The zero-order valence-corrected chi connectivity index (χ0v) is 10.0. The normalized spacial score (nSPS) is 26.8. The number of carbonyl (C=O) groups is 1. The van der Waals surface area contributed by atoms with E-state index in [0.29, 0.717) is 12.3 Å². The molecule has 16 heavy (non-hydrogen) atoms. The second-order valence-corrected chi connectivity index (χ2v) is 5.11. The summed E-state index contributed by atoms with van der Waals surface area (Å²) in [5, 5.41) is 0. The summed E-state index contributed by atoms with van der Waals surface area (Å²) in [5.41, 5.74) is 5.95. The maximum Gasteiger partial charge on any atom is 0.223 e. The molecule has 0 spiro atoms. The molecule has 1 saturated heterocycles. The van der Waals surface area contributed by atoms with Gasteiger partial charge < -0.3 is 15.4 Å². The minimum atomic E-state index is 0.0689. The van der Waals surface area contributed by atoms with Crippen LogP contribution in [0.2, 0.25) is 0 Å². The standard InChI is InChI=1S/C12H22N2O2/c1-14(8-10-3-2-6-16-10)12(15)7-11(13)9-4-5-9/h9-11H,2-8,13H2,1H3. The SMILES string of the molecule is CN(CC1CCCO1)C(=O)CC(N)C1CC1. The number of ether oxygens (including phenoxy) is 1. The minimum absolute atomic E-state index is 0.0689. The summed E-state index contributed by atoms with van der Waals surface area (Å²) >= 11 is 0. The van der Waals surface area contributed by atoms with Gasteiger partial charge in [0, 0.05) is 32.7 Å². The Kier molecular flexibility index (Phi) is 3.82. The molecule has 2 unspecified atom stereocenters. The molecule has 0 aromatic rings. The summed E-state index contributed by atoms with van der Waals surface area (Å²) in [7, 11) is 1.85. The van der Waals surface area contributed by atoms with Gasteiger partial charge in [0.05, 0.1) is 6.10 Å². The van der Waals surface area contributed by atoms with Crippen molar-refractivity contribution >= 4 is 5.91 Å². The minimum Gasteiger partial charge on any atom is -0.376 e. The molecule has 0 aromatic heterocycles. The third-order valence-electron chi connectivity index (χ3n) is 3.57. The van der Waals surface area contributed by atoms with Crippen LogP contribution in [0.5, 0.6) is 0 Å². The van der Waals surface area contributed by atoms with E-state index in [2.05, 4.69) is 0 Å². The summed E-state index contributed by atoms with van der Waals surface area (Å²) in [6.07, 6.45) is 5.33. The topological polar surface area (TPSA) is 55.6 Å². The van der Waals surface area contributed by atoms with Crippen molar-refractivity contribution < 1.29 is 9.53 Å². The molecule has 92 valence electrons. The van der Waals surface area contributed by atoms with Gasteiger partial charge in [-0.1, -0.05) is 0 Å². The van der Waals surface area contributed by atoms with Crippen LogP contribution < -0.4 is 5.73 Å². The molecule has 0 bridgehead atoms. The van der Waals surface area contributed by atoms with Gasteiger partial charge in [0.1, 0.15) is 0 Å².